The van der Waals surface area contributed by atoms with Crippen LogP contribution in [0.1, 0.15) is 30.1 Å². The van der Waals surface area contributed by atoms with Crippen LogP contribution in [0.2, 0.25) is 0 Å². The summed E-state index contributed by atoms with van der Waals surface area (Å²) in [5.74, 6) is -1.44. The highest BCUT2D eigenvalue weighted by Gasteiger charge is 2.15. The minimum atomic E-state index is -0.906. The molecule has 92 valence electrons. The van der Waals surface area contributed by atoms with Crippen molar-refractivity contribution in [3.63, 3.8) is 0 Å². The maximum absolute atomic E-state index is 11.0. The summed E-state index contributed by atoms with van der Waals surface area (Å²) in [4.78, 5) is 21.9. The number of rotatable bonds is 6. The molecule has 1 aromatic carbocycles. The van der Waals surface area contributed by atoms with Gasteiger partial charge < -0.3 is 16.2 Å². The molecule has 5 nitrogen and oxygen atoms in total. The standard InChI is InChI=1S/C12H16N2O3/c1-2-4-10(12(16)17)14-9-6-3-5-8(7-9)11(13)15/h3,5-7,10,14H,2,4H2,1H3,(H2,13,15)(H,16,17). The second-order valence-corrected chi connectivity index (χ2v) is 3.77. The molecule has 0 heterocycles. The van der Waals surface area contributed by atoms with Gasteiger partial charge in [-0.3, -0.25) is 4.79 Å². The van der Waals surface area contributed by atoms with Gasteiger partial charge >= 0.3 is 5.97 Å². The van der Waals surface area contributed by atoms with E-state index < -0.39 is 17.9 Å². The lowest BCUT2D eigenvalue weighted by molar-refractivity contribution is -0.138. The molecule has 17 heavy (non-hydrogen) atoms. The van der Waals surface area contributed by atoms with Gasteiger partial charge in [0.1, 0.15) is 6.04 Å². The van der Waals surface area contributed by atoms with Crippen LogP contribution in [0.4, 0.5) is 5.69 Å². The highest BCUT2D eigenvalue weighted by atomic mass is 16.4. The lowest BCUT2D eigenvalue weighted by Gasteiger charge is -2.15. The molecule has 1 aromatic rings. The molecule has 0 saturated heterocycles. The number of hydrogen-bond donors (Lipinski definition) is 3. The van der Waals surface area contributed by atoms with Gasteiger partial charge in [-0.15, -0.1) is 0 Å². The zero-order chi connectivity index (χ0) is 12.8. The van der Waals surface area contributed by atoms with Crippen LogP contribution in [-0.4, -0.2) is 23.0 Å². The number of nitrogens with one attached hydrogen (secondary N) is 1. The van der Waals surface area contributed by atoms with E-state index in [2.05, 4.69) is 5.32 Å². The molecule has 0 bridgehead atoms. The van der Waals surface area contributed by atoms with Gasteiger partial charge in [0.2, 0.25) is 5.91 Å². The van der Waals surface area contributed by atoms with E-state index in [1.54, 1.807) is 24.3 Å². The van der Waals surface area contributed by atoms with E-state index in [0.717, 1.165) is 6.42 Å². The number of carboxylic acids is 1. The van der Waals surface area contributed by atoms with Crippen molar-refractivity contribution in [2.75, 3.05) is 5.32 Å². The average Bonchev–Trinajstić information content (AvgIpc) is 2.28. The molecule has 4 N–H and O–H groups in total. The van der Waals surface area contributed by atoms with Gasteiger partial charge in [-0.05, 0) is 24.6 Å². The Morgan fingerprint density at radius 3 is 2.71 bits per heavy atom. The zero-order valence-electron chi connectivity index (χ0n) is 9.64. The molecule has 0 radical (unpaired) electrons. The molecular weight excluding hydrogens is 220 g/mol. The van der Waals surface area contributed by atoms with Gasteiger partial charge in [-0.2, -0.15) is 0 Å². The monoisotopic (exact) mass is 236 g/mol. The number of amides is 1. The number of primary amides is 1. The highest BCUT2D eigenvalue weighted by molar-refractivity contribution is 5.93. The summed E-state index contributed by atoms with van der Waals surface area (Å²) >= 11 is 0. The lowest BCUT2D eigenvalue weighted by atomic mass is 10.1. The molecule has 5 heteroatoms. The number of hydrogen-bond acceptors (Lipinski definition) is 3. The van der Waals surface area contributed by atoms with Gasteiger partial charge in [0.05, 0.1) is 0 Å². The first-order chi connectivity index (χ1) is 8.04. The molecule has 0 spiro atoms. The molecule has 1 amide bonds. The SMILES string of the molecule is CCCC(Nc1cccc(C(N)=O)c1)C(=O)O. The van der Waals surface area contributed by atoms with Gasteiger partial charge in [-0.1, -0.05) is 19.4 Å². The summed E-state index contributed by atoms with van der Waals surface area (Å²) < 4.78 is 0. The van der Waals surface area contributed by atoms with Crippen LogP contribution in [0.15, 0.2) is 24.3 Å². The Labute approximate surface area is 99.6 Å². The van der Waals surface area contributed by atoms with Crippen molar-refractivity contribution in [3.05, 3.63) is 29.8 Å². The Kier molecular flexibility index (Phi) is 4.51. The Morgan fingerprint density at radius 2 is 2.18 bits per heavy atom. The minimum Gasteiger partial charge on any atom is -0.480 e. The van der Waals surface area contributed by atoms with Gasteiger partial charge in [0.25, 0.3) is 0 Å². The van der Waals surface area contributed by atoms with Crippen LogP contribution >= 0.6 is 0 Å². The van der Waals surface area contributed by atoms with Crippen molar-refractivity contribution in [1.82, 2.24) is 0 Å². The first-order valence-corrected chi connectivity index (χ1v) is 5.43. The fourth-order valence-electron chi connectivity index (χ4n) is 1.51. The molecule has 1 unspecified atom stereocenters. The first-order valence-electron chi connectivity index (χ1n) is 5.43. The van der Waals surface area contributed by atoms with E-state index in [0.29, 0.717) is 17.7 Å². The van der Waals surface area contributed by atoms with Gasteiger partial charge in [0.15, 0.2) is 0 Å². The van der Waals surface area contributed by atoms with Crippen molar-refractivity contribution in [1.29, 1.82) is 0 Å². The Bertz CT molecular complexity index is 418. The fourth-order valence-corrected chi connectivity index (χ4v) is 1.51. The maximum Gasteiger partial charge on any atom is 0.326 e. The normalized spacial score (nSPS) is 11.8. The van der Waals surface area contributed by atoms with Crippen molar-refractivity contribution in [3.8, 4) is 0 Å². The predicted octanol–water partition coefficient (Wildman–Crippen LogP) is 1.45. The summed E-state index contributed by atoms with van der Waals surface area (Å²) in [6.45, 7) is 1.91. The summed E-state index contributed by atoms with van der Waals surface area (Å²) in [6, 6.07) is 5.85. The number of aliphatic carboxylic acids is 1. The molecule has 0 fully saturated rings. The number of carbonyl (C=O) groups is 2. The van der Waals surface area contributed by atoms with Gasteiger partial charge in [-0.25, -0.2) is 4.79 Å². The van der Waals surface area contributed by atoms with Crippen molar-refractivity contribution < 1.29 is 14.7 Å². The third-order valence-corrected chi connectivity index (χ3v) is 2.36. The molecule has 1 atom stereocenters. The largest absolute Gasteiger partial charge is 0.480 e. The quantitative estimate of drug-likeness (QED) is 0.697. The van der Waals surface area contributed by atoms with E-state index in [9.17, 15) is 9.59 Å². The van der Waals surface area contributed by atoms with Crippen molar-refractivity contribution in [2.24, 2.45) is 5.73 Å². The van der Waals surface area contributed by atoms with E-state index in [4.69, 9.17) is 10.8 Å². The maximum atomic E-state index is 11.0. The van der Waals surface area contributed by atoms with E-state index >= 15 is 0 Å². The topological polar surface area (TPSA) is 92.4 Å². The number of benzene rings is 1. The van der Waals surface area contributed by atoms with Gasteiger partial charge in [0, 0.05) is 11.3 Å². The number of anilines is 1. The molecule has 0 saturated carbocycles. The second kappa shape index (κ2) is 5.89. The average molecular weight is 236 g/mol. The molecule has 0 aromatic heterocycles. The molecular formula is C12H16N2O3. The summed E-state index contributed by atoms with van der Waals surface area (Å²) in [6.07, 6.45) is 1.29. The Hall–Kier alpha value is -2.04. The van der Waals surface area contributed by atoms with Crippen molar-refractivity contribution in [2.45, 2.75) is 25.8 Å². The fraction of sp³-hybridized carbons (Fsp3) is 0.333. The highest BCUT2D eigenvalue weighted by Crippen LogP contribution is 2.13. The third kappa shape index (κ3) is 3.79. The van der Waals surface area contributed by atoms with Crippen LogP contribution in [0.3, 0.4) is 0 Å². The summed E-state index contributed by atoms with van der Waals surface area (Å²) in [5.41, 5.74) is 6.09. The smallest absolute Gasteiger partial charge is 0.326 e. The number of carbonyl (C=O) groups excluding carboxylic acids is 1. The Balaban J connectivity index is 2.82. The second-order valence-electron chi connectivity index (χ2n) is 3.77. The number of carboxylic acid groups (broad SMARTS) is 1. The van der Waals surface area contributed by atoms with Crippen molar-refractivity contribution >= 4 is 17.6 Å². The number of nitrogens with two attached hydrogens (primary N) is 1. The lowest BCUT2D eigenvalue weighted by Crippen LogP contribution is -2.29. The van der Waals surface area contributed by atoms with E-state index in [1.807, 2.05) is 6.92 Å². The molecule has 0 aliphatic heterocycles. The van der Waals surface area contributed by atoms with Crippen LogP contribution in [-0.2, 0) is 4.79 Å². The molecule has 1 rings (SSSR count). The van der Waals surface area contributed by atoms with E-state index in [-0.39, 0.29) is 0 Å². The van der Waals surface area contributed by atoms with Crippen LogP contribution in [0, 0.1) is 0 Å². The van der Waals surface area contributed by atoms with Crippen LogP contribution in [0.5, 0.6) is 0 Å². The summed E-state index contributed by atoms with van der Waals surface area (Å²) in [5, 5.41) is 11.9. The minimum absolute atomic E-state index is 0.357. The third-order valence-electron chi connectivity index (χ3n) is 2.36. The van der Waals surface area contributed by atoms with E-state index in [1.165, 1.54) is 0 Å². The van der Waals surface area contributed by atoms with Crippen LogP contribution in [0.25, 0.3) is 0 Å². The first kappa shape index (κ1) is 13.0. The molecule has 0 aliphatic carbocycles. The zero-order valence-corrected chi connectivity index (χ0v) is 9.64. The predicted molar refractivity (Wildman–Crippen MR) is 64.9 cm³/mol. The van der Waals surface area contributed by atoms with Crippen LogP contribution < -0.4 is 11.1 Å². The Morgan fingerprint density at radius 1 is 1.47 bits per heavy atom. The summed E-state index contributed by atoms with van der Waals surface area (Å²) in [7, 11) is 0. The molecule has 0 aliphatic rings.